The van der Waals surface area contributed by atoms with Crippen molar-refractivity contribution in [2.45, 2.75) is 32.9 Å². The molecule has 0 saturated heterocycles. The monoisotopic (exact) mass is 283 g/mol. The molecule has 0 atom stereocenters. The van der Waals surface area contributed by atoms with Crippen LogP contribution in [-0.4, -0.2) is 17.6 Å². The number of anilines is 2. The average molecular weight is 283 g/mol. The van der Waals surface area contributed by atoms with Crippen molar-refractivity contribution in [2.75, 3.05) is 17.2 Å². The lowest BCUT2D eigenvalue weighted by molar-refractivity contribution is 0.234. The fourth-order valence-electron chi connectivity index (χ4n) is 2.63. The minimum Gasteiger partial charge on any atom is -0.473 e. The van der Waals surface area contributed by atoms with Crippen molar-refractivity contribution in [3.05, 3.63) is 47.5 Å². The number of hydrogen-bond acceptors (Lipinski definition) is 4. The van der Waals surface area contributed by atoms with Gasteiger partial charge in [-0.2, -0.15) is 4.98 Å². The highest BCUT2D eigenvalue weighted by Gasteiger charge is 2.18. The molecule has 0 bridgehead atoms. The minimum absolute atomic E-state index is 0.0668. The number of nitrogen functional groups attached to an aromatic ring is 1. The third-order valence-corrected chi connectivity index (χ3v) is 3.68. The predicted octanol–water partition coefficient (Wildman–Crippen LogP) is 3.01. The van der Waals surface area contributed by atoms with Crippen LogP contribution in [0.15, 0.2) is 36.4 Å². The minimum atomic E-state index is 0.0668. The Bertz CT molecular complexity index is 640. The Labute approximate surface area is 125 Å². The van der Waals surface area contributed by atoms with E-state index in [0.29, 0.717) is 11.6 Å². The van der Waals surface area contributed by atoms with Gasteiger partial charge in [-0.25, -0.2) is 0 Å². The van der Waals surface area contributed by atoms with Crippen molar-refractivity contribution < 1.29 is 4.74 Å². The molecule has 0 amide bonds. The second kappa shape index (κ2) is 5.64. The van der Waals surface area contributed by atoms with E-state index in [-0.39, 0.29) is 6.10 Å². The first-order valence-electron chi connectivity index (χ1n) is 7.38. The van der Waals surface area contributed by atoms with Gasteiger partial charge >= 0.3 is 0 Å². The van der Waals surface area contributed by atoms with Crippen LogP contribution in [0.1, 0.15) is 25.0 Å². The molecule has 1 aliphatic rings. The predicted molar refractivity (Wildman–Crippen MR) is 85.6 cm³/mol. The zero-order valence-electron chi connectivity index (χ0n) is 12.5. The Hall–Kier alpha value is -2.23. The van der Waals surface area contributed by atoms with Gasteiger partial charge in [-0.1, -0.05) is 24.3 Å². The van der Waals surface area contributed by atoms with Crippen LogP contribution in [0.2, 0.25) is 0 Å². The third kappa shape index (κ3) is 2.94. The number of benzene rings is 1. The molecule has 1 aromatic heterocycles. The summed E-state index contributed by atoms with van der Waals surface area (Å²) >= 11 is 0. The Kier molecular flexibility index (Phi) is 3.69. The summed E-state index contributed by atoms with van der Waals surface area (Å²) in [5.74, 6) is 1.45. The first-order valence-corrected chi connectivity index (χ1v) is 7.38. The van der Waals surface area contributed by atoms with Gasteiger partial charge in [0.15, 0.2) is 0 Å². The molecule has 0 spiro atoms. The second-order valence-corrected chi connectivity index (χ2v) is 5.67. The highest BCUT2D eigenvalue weighted by molar-refractivity contribution is 5.55. The molecular weight excluding hydrogens is 262 g/mol. The first kappa shape index (κ1) is 13.7. The van der Waals surface area contributed by atoms with Crippen molar-refractivity contribution in [3.8, 4) is 5.88 Å². The Morgan fingerprint density at radius 3 is 2.67 bits per heavy atom. The number of rotatable bonds is 3. The van der Waals surface area contributed by atoms with E-state index in [2.05, 4.69) is 34.1 Å². The molecule has 2 heterocycles. The van der Waals surface area contributed by atoms with Crippen LogP contribution in [0, 0.1) is 0 Å². The van der Waals surface area contributed by atoms with Crippen LogP contribution in [0.5, 0.6) is 5.88 Å². The number of ether oxygens (including phenoxy) is 1. The molecule has 0 fully saturated rings. The lowest BCUT2D eigenvalue weighted by Crippen LogP contribution is -2.31. The van der Waals surface area contributed by atoms with Crippen LogP contribution < -0.4 is 15.4 Å². The summed E-state index contributed by atoms with van der Waals surface area (Å²) in [5, 5.41) is 0. The Morgan fingerprint density at radius 2 is 1.90 bits per heavy atom. The molecule has 0 aliphatic carbocycles. The summed E-state index contributed by atoms with van der Waals surface area (Å²) in [6.07, 6.45) is 1.11. The zero-order chi connectivity index (χ0) is 14.8. The fraction of sp³-hybridized carbons (Fsp3) is 0.353. The van der Waals surface area contributed by atoms with Gasteiger partial charge < -0.3 is 15.4 Å². The number of hydrogen-bond donors (Lipinski definition) is 1. The smallest absolute Gasteiger partial charge is 0.239 e. The van der Waals surface area contributed by atoms with E-state index >= 15 is 0 Å². The Balaban J connectivity index is 1.85. The number of aromatic nitrogens is 1. The van der Waals surface area contributed by atoms with Gasteiger partial charge in [-0.15, -0.1) is 0 Å². The van der Waals surface area contributed by atoms with Gasteiger partial charge in [0.25, 0.3) is 0 Å². The van der Waals surface area contributed by atoms with Crippen LogP contribution >= 0.6 is 0 Å². The van der Waals surface area contributed by atoms with Crippen molar-refractivity contribution in [1.82, 2.24) is 4.98 Å². The van der Waals surface area contributed by atoms with Crippen molar-refractivity contribution in [2.24, 2.45) is 0 Å². The van der Waals surface area contributed by atoms with E-state index in [1.54, 1.807) is 0 Å². The lowest BCUT2D eigenvalue weighted by Gasteiger charge is -2.30. The summed E-state index contributed by atoms with van der Waals surface area (Å²) < 4.78 is 5.68. The molecule has 3 rings (SSSR count). The summed E-state index contributed by atoms with van der Waals surface area (Å²) in [6.45, 7) is 5.80. The molecule has 4 heteroatoms. The average Bonchev–Trinajstić information content (AvgIpc) is 2.48. The van der Waals surface area contributed by atoms with E-state index in [0.717, 1.165) is 25.3 Å². The molecular formula is C17H21N3O. The summed E-state index contributed by atoms with van der Waals surface area (Å²) in [6, 6.07) is 12.4. The molecule has 0 unspecified atom stereocenters. The molecule has 2 aromatic rings. The largest absolute Gasteiger partial charge is 0.473 e. The molecule has 4 nitrogen and oxygen atoms in total. The molecule has 1 aromatic carbocycles. The molecule has 21 heavy (non-hydrogen) atoms. The first-order chi connectivity index (χ1) is 10.1. The molecule has 0 radical (unpaired) electrons. The van der Waals surface area contributed by atoms with Crippen molar-refractivity contribution >= 4 is 11.5 Å². The fourth-order valence-corrected chi connectivity index (χ4v) is 2.63. The maximum absolute atomic E-state index is 5.94. The second-order valence-electron chi connectivity index (χ2n) is 5.67. The summed E-state index contributed by atoms with van der Waals surface area (Å²) in [5.41, 5.74) is 9.33. The van der Waals surface area contributed by atoms with Gasteiger partial charge in [0.1, 0.15) is 5.82 Å². The van der Waals surface area contributed by atoms with Gasteiger partial charge in [-0.05, 0) is 43.5 Å². The summed E-state index contributed by atoms with van der Waals surface area (Å²) in [7, 11) is 0. The normalized spacial score (nSPS) is 14.1. The topological polar surface area (TPSA) is 51.4 Å². The standard InChI is InChI=1S/C17H21N3O/c1-12(2)21-17-15(18)7-8-16(19-17)20-10-9-13-5-3-4-6-14(13)11-20/h3-8,12H,9-11,18H2,1-2H3. The number of pyridine rings is 1. The van der Waals surface area contributed by atoms with Gasteiger partial charge in [0.2, 0.25) is 5.88 Å². The number of nitrogens with two attached hydrogens (primary N) is 1. The molecule has 110 valence electrons. The summed E-state index contributed by atoms with van der Waals surface area (Å²) in [4.78, 5) is 6.86. The van der Waals surface area contributed by atoms with E-state index in [1.807, 2.05) is 26.0 Å². The van der Waals surface area contributed by atoms with Gasteiger partial charge in [0.05, 0.1) is 11.8 Å². The van der Waals surface area contributed by atoms with E-state index in [1.165, 1.54) is 11.1 Å². The van der Waals surface area contributed by atoms with Crippen LogP contribution in [0.3, 0.4) is 0 Å². The van der Waals surface area contributed by atoms with Gasteiger partial charge in [0, 0.05) is 13.1 Å². The molecule has 0 saturated carbocycles. The van der Waals surface area contributed by atoms with Crippen LogP contribution in [0.25, 0.3) is 0 Å². The van der Waals surface area contributed by atoms with Crippen molar-refractivity contribution in [1.29, 1.82) is 0 Å². The highest BCUT2D eigenvalue weighted by atomic mass is 16.5. The highest BCUT2D eigenvalue weighted by Crippen LogP contribution is 2.27. The maximum atomic E-state index is 5.94. The number of nitrogens with zero attached hydrogens (tertiary/aromatic N) is 2. The number of fused-ring (bicyclic) bond motifs is 1. The van der Waals surface area contributed by atoms with E-state index in [9.17, 15) is 0 Å². The molecule has 2 N–H and O–H groups in total. The lowest BCUT2D eigenvalue weighted by atomic mass is 10.00. The van der Waals surface area contributed by atoms with Gasteiger partial charge in [-0.3, -0.25) is 0 Å². The van der Waals surface area contributed by atoms with Crippen LogP contribution in [0.4, 0.5) is 11.5 Å². The molecule has 1 aliphatic heterocycles. The van der Waals surface area contributed by atoms with E-state index < -0.39 is 0 Å². The Morgan fingerprint density at radius 1 is 1.14 bits per heavy atom. The SMILES string of the molecule is CC(C)Oc1nc(N2CCc3ccccc3C2)ccc1N. The third-order valence-electron chi connectivity index (χ3n) is 3.68. The van der Waals surface area contributed by atoms with E-state index in [4.69, 9.17) is 10.5 Å². The van der Waals surface area contributed by atoms with Crippen molar-refractivity contribution in [3.63, 3.8) is 0 Å². The maximum Gasteiger partial charge on any atom is 0.239 e. The zero-order valence-corrected chi connectivity index (χ0v) is 12.5. The van der Waals surface area contributed by atoms with Crippen LogP contribution in [-0.2, 0) is 13.0 Å². The quantitative estimate of drug-likeness (QED) is 0.940.